The molecule has 138 valence electrons. The smallest absolute Gasteiger partial charge is 0.263 e. The molecule has 2 amide bonds. The van der Waals surface area contributed by atoms with Gasteiger partial charge in [0.25, 0.3) is 5.91 Å². The molecular formula is C20H25N3O2S. The maximum absolute atomic E-state index is 12.7. The van der Waals surface area contributed by atoms with Gasteiger partial charge in [-0.3, -0.25) is 9.59 Å². The number of carbonyl (C=O) groups is 2. The largest absolute Gasteiger partial charge is 0.375 e. The van der Waals surface area contributed by atoms with Crippen LogP contribution in [0.1, 0.15) is 29.4 Å². The third-order valence-electron chi connectivity index (χ3n) is 4.84. The molecule has 0 radical (unpaired) electrons. The molecule has 5 nitrogen and oxygen atoms in total. The van der Waals surface area contributed by atoms with Crippen LogP contribution in [-0.4, -0.2) is 43.4 Å². The number of nitrogens with zero attached hydrogens (tertiary/aromatic N) is 2. The Kier molecular flexibility index (Phi) is 5.93. The van der Waals surface area contributed by atoms with Crippen molar-refractivity contribution in [3.8, 4) is 0 Å². The zero-order valence-electron chi connectivity index (χ0n) is 15.3. The molecule has 1 aromatic carbocycles. The normalized spacial score (nSPS) is 17.0. The third kappa shape index (κ3) is 4.25. The summed E-state index contributed by atoms with van der Waals surface area (Å²) in [5.74, 6) is -0.144. The van der Waals surface area contributed by atoms with Gasteiger partial charge in [-0.15, -0.1) is 11.3 Å². The highest BCUT2D eigenvalue weighted by Gasteiger charge is 2.29. The molecule has 0 spiro atoms. The van der Waals surface area contributed by atoms with E-state index in [2.05, 4.69) is 17.1 Å². The van der Waals surface area contributed by atoms with Crippen LogP contribution in [0.5, 0.6) is 0 Å². The third-order valence-corrected chi connectivity index (χ3v) is 5.70. The van der Waals surface area contributed by atoms with Crippen LogP contribution in [0.4, 0.5) is 11.4 Å². The molecule has 1 N–H and O–H groups in total. The molecule has 6 heteroatoms. The van der Waals surface area contributed by atoms with Gasteiger partial charge >= 0.3 is 0 Å². The minimum Gasteiger partial charge on any atom is -0.375 e. The van der Waals surface area contributed by atoms with Gasteiger partial charge in [-0.1, -0.05) is 12.1 Å². The van der Waals surface area contributed by atoms with Gasteiger partial charge < -0.3 is 15.1 Å². The Morgan fingerprint density at radius 2 is 2.15 bits per heavy atom. The number of amides is 2. The summed E-state index contributed by atoms with van der Waals surface area (Å²) in [6.45, 7) is 4.20. The molecule has 1 aliphatic heterocycles. The maximum atomic E-state index is 12.7. The van der Waals surface area contributed by atoms with Crippen LogP contribution in [0, 0.1) is 5.92 Å². The lowest BCUT2D eigenvalue weighted by atomic mass is 9.97. The average Bonchev–Trinajstić information content (AvgIpc) is 3.22. The number of piperidine rings is 1. The summed E-state index contributed by atoms with van der Waals surface area (Å²) in [7, 11) is 2.02. The van der Waals surface area contributed by atoms with Crippen LogP contribution >= 0.6 is 11.3 Å². The van der Waals surface area contributed by atoms with Crippen molar-refractivity contribution in [3.63, 3.8) is 0 Å². The van der Waals surface area contributed by atoms with Crippen LogP contribution in [0.3, 0.4) is 0 Å². The summed E-state index contributed by atoms with van der Waals surface area (Å²) in [5.41, 5.74) is 1.87. The number of thiophene rings is 1. The van der Waals surface area contributed by atoms with Gasteiger partial charge in [0.1, 0.15) is 0 Å². The quantitative estimate of drug-likeness (QED) is 0.872. The fourth-order valence-electron chi connectivity index (χ4n) is 3.18. The van der Waals surface area contributed by atoms with Gasteiger partial charge in [0.05, 0.1) is 10.8 Å². The average molecular weight is 372 g/mol. The molecule has 0 aliphatic carbocycles. The predicted molar refractivity (Wildman–Crippen MR) is 107 cm³/mol. The van der Waals surface area contributed by atoms with E-state index in [9.17, 15) is 9.59 Å². The van der Waals surface area contributed by atoms with E-state index in [1.165, 1.54) is 11.3 Å². The number of hydrogen-bond acceptors (Lipinski definition) is 4. The molecule has 0 saturated carbocycles. The van der Waals surface area contributed by atoms with Crippen molar-refractivity contribution in [2.75, 3.05) is 36.9 Å². The first-order chi connectivity index (χ1) is 12.6. The van der Waals surface area contributed by atoms with Crippen molar-refractivity contribution >= 4 is 34.5 Å². The van der Waals surface area contributed by atoms with Gasteiger partial charge in [-0.05, 0) is 49.4 Å². The highest BCUT2D eigenvalue weighted by atomic mass is 32.1. The standard InChI is InChI=1S/C20H25N3O2S/c1-3-22(2)17-9-4-8-16(13-17)21-19(24)15-7-5-11-23(14-15)20(25)18-10-6-12-26-18/h4,6,8-10,12-13,15H,3,5,7,11,14H2,1-2H3,(H,21,24)/t15-/m1/s1. The van der Waals surface area contributed by atoms with E-state index in [0.717, 1.165) is 42.2 Å². The van der Waals surface area contributed by atoms with Crippen LogP contribution < -0.4 is 10.2 Å². The number of rotatable bonds is 5. The number of hydrogen-bond donors (Lipinski definition) is 1. The number of benzene rings is 1. The fourth-order valence-corrected chi connectivity index (χ4v) is 3.87. The van der Waals surface area contributed by atoms with E-state index >= 15 is 0 Å². The summed E-state index contributed by atoms with van der Waals surface area (Å²) < 4.78 is 0. The minimum atomic E-state index is -0.166. The topological polar surface area (TPSA) is 52.7 Å². The number of likely N-dealkylation sites (tertiary alicyclic amines) is 1. The molecule has 1 aliphatic rings. The molecule has 1 saturated heterocycles. The van der Waals surface area contributed by atoms with Crippen molar-refractivity contribution in [3.05, 3.63) is 46.7 Å². The second-order valence-electron chi connectivity index (χ2n) is 6.62. The number of nitrogens with one attached hydrogen (secondary N) is 1. The lowest BCUT2D eigenvalue weighted by molar-refractivity contribution is -0.121. The highest BCUT2D eigenvalue weighted by Crippen LogP contribution is 2.23. The monoisotopic (exact) mass is 371 g/mol. The Hall–Kier alpha value is -2.34. The van der Waals surface area contributed by atoms with E-state index in [-0.39, 0.29) is 17.7 Å². The first kappa shape index (κ1) is 18.5. The Balaban J connectivity index is 1.63. The van der Waals surface area contributed by atoms with Gasteiger partial charge in [0.15, 0.2) is 0 Å². The Bertz CT molecular complexity index is 760. The van der Waals surface area contributed by atoms with E-state index in [4.69, 9.17) is 0 Å². The molecule has 1 aromatic heterocycles. The molecule has 0 unspecified atom stereocenters. The van der Waals surface area contributed by atoms with Crippen LogP contribution in [-0.2, 0) is 4.79 Å². The van der Waals surface area contributed by atoms with Gasteiger partial charge in [-0.25, -0.2) is 0 Å². The molecule has 1 atom stereocenters. The van der Waals surface area contributed by atoms with E-state index in [0.29, 0.717) is 6.54 Å². The van der Waals surface area contributed by atoms with E-state index in [1.807, 2.05) is 48.8 Å². The maximum Gasteiger partial charge on any atom is 0.263 e. The summed E-state index contributed by atoms with van der Waals surface area (Å²) >= 11 is 1.45. The molecule has 0 bridgehead atoms. The van der Waals surface area contributed by atoms with Crippen molar-refractivity contribution < 1.29 is 9.59 Å². The first-order valence-electron chi connectivity index (χ1n) is 9.03. The SMILES string of the molecule is CCN(C)c1cccc(NC(=O)[C@@H]2CCCN(C(=O)c3cccs3)C2)c1. The number of carbonyl (C=O) groups excluding carboxylic acids is 2. The first-order valence-corrected chi connectivity index (χ1v) is 9.91. The molecular weight excluding hydrogens is 346 g/mol. The molecule has 3 rings (SSSR count). The Labute approximate surface area is 158 Å². The summed E-state index contributed by atoms with van der Waals surface area (Å²) in [4.78, 5) is 29.9. The second-order valence-corrected chi connectivity index (χ2v) is 7.57. The van der Waals surface area contributed by atoms with Gasteiger partial charge in [-0.2, -0.15) is 0 Å². The molecule has 26 heavy (non-hydrogen) atoms. The zero-order valence-corrected chi connectivity index (χ0v) is 16.1. The van der Waals surface area contributed by atoms with Crippen molar-refractivity contribution in [2.24, 2.45) is 5.92 Å². The lowest BCUT2D eigenvalue weighted by Gasteiger charge is -2.31. The molecule has 1 fully saturated rings. The van der Waals surface area contributed by atoms with E-state index < -0.39 is 0 Å². The van der Waals surface area contributed by atoms with Crippen LogP contribution in [0.15, 0.2) is 41.8 Å². The van der Waals surface area contributed by atoms with Crippen LogP contribution in [0.25, 0.3) is 0 Å². The summed E-state index contributed by atoms with van der Waals surface area (Å²) in [6, 6.07) is 11.6. The molecule has 2 aromatic rings. The lowest BCUT2D eigenvalue weighted by Crippen LogP contribution is -2.43. The van der Waals surface area contributed by atoms with Crippen molar-refractivity contribution in [1.29, 1.82) is 0 Å². The van der Waals surface area contributed by atoms with E-state index in [1.54, 1.807) is 4.90 Å². The van der Waals surface area contributed by atoms with Gasteiger partial charge in [0, 0.05) is 38.1 Å². The Morgan fingerprint density at radius 1 is 1.31 bits per heavy atom. The zero-order chi connectivity index (χ0) is 18.5. The highest BCUT2D eigenvalue weighted by molar-refractivity contribution is 7.12. The van der Waals surface area contributed by atoms with Crippen LogP contribution in [0.2, 0.25) is 0 Å². The predicted octanol–water partition coefficient (Wildman–Crippen LogP) is 3.70. The fraction of sp³-hybridized carbons (Fsp3) is 0.400. The second kappa shape index (κ2) is 8.36. The summed E-state index contributed by atoms with van der Waals surface area (Å²) in [6.07, 6.45) is 1.67. The Morgan fingerprint density at radius 3 is 2.88 bits per heavy atom. The van der Waals surface area contributed by atoms with Crippen molar-refractivity contribution in [1.82, 2.24) is 4.90 Å². The van der Waals surface area contributed by atoms with Gasteiger partial charge in [0.2, 0.25) is 5.91 Å². The molecule has 2 heterocycles. The van der Waals surface area contributed by atoms with Crippen molar-refractivity contribution in [2.45, 2.75) is 19.8 Å². The summed E-state index contributed by atoms with van der Waals surface area (Å²) in [5, 5.41) is 4.93. The minimum absolute atomic E-state index is 0.00928. The number of anilines is 2.